The van der Waals surface area contributed by atoms with Crippen LogP contribution < -0.4 is 0 Å². The molecule has 1 aromatic rings. The van der Waals surface area contributed by atoms with Gasteiger partial charge in [0, 0.05) is 5.56 Å². The molecule has 0 atom stereocenters. The molecule has 0 amide bonds. The molecule has 0 bridgehead atoms. The van der Waals surface area contributed by atoms with Gasteiger partial charge in [0.05, 0.1) is 0 Å². The largest absolute Gasteiger partial charge is 0.210 e. The van der Waals surface area contributed by atoms with Crippen LogP contribution in [-0.4, -0.2) is 16.2 Å². The van der Waals surface area contributed by atoms with E-state index in [1.807, 2.05) is 20.1 Å². The zero-order valence-electron chi connectivity index (χ0n) is 7.64. The lowest BCUT2D eigenvalue weighted by Gasteiger charge is -2.09. The van der Waals surface area contributed by atoms with Crippen molar-refractivity contribution in [3.63, 3.8) is 0 Å². The van der Waals surface area contributed by atoms with E-state index in [2.05, 4.69) is 9.97 Å². The van der Waals surface area contributed by atoms with Crippen molar-refractivity contribution in [1.82, 2.24) is 9.97 Å². The molecule has 5 heteroatoms. The summed E-state index contributed by atoms with van der Waals surface area (Å²) in [7, 11) is 0. The molecular formula is C8H10Cl2N2S. The van der Waals surface area contributed by atoms with Gasteiger partial charge in [-0.3, -0.25) is 0 Å². The van der Waals surface area contributed by atoms with E-state index in [0.717, 1.165) is 5.56 Å². The molecule has 0 radical (unpaired) electrons. The fourth-order valence-corrected chi connectivity index (χ4v) is 2.26. The Hall–Kier alpha value is 0.01000. The first-order valence-electron chi connectivity index (χ1n) is 3.83. The standard InChI is InChI=1S/C8H10Cl2N2S/c1-4(2)5-6(9)11-8(13-3)12-7(5)10/h4H,1-3H3. The summed E-state index contributed by atoms with van der Waals surface area (Å²) in [6.45, 7) is 4.02. The molecule has 2 nitrogen and oxygen atoms in total. The Balaban J connectivity index is 3.23. The summed E-state index contributed by atoms with van der Waals surface area (Å²) in [5.41, 5.74) is 0.820. The smallest absolute Gasteiger partial charge is 0.190 e. The Morgan fingerprint density at radius 3 is 1.92 bits per heavy atom. The van der Waals surface area contributed by atoms with Crippen molar-refractivity contribution in [1.29, 1.82) is 0 Å². The lowest BCUT2D eigenvalue weighted by Crippen LogP contribution is -1.98. The van der Waals surface area contributed by atoms with E-state index < -0.39 is 0 Å². The molecule has 0 unspecified atom stereocenters. The van der Waals surface area contributed by atoms with Gasteiger partial charge in [0.1, 0.15) is 10.3 Å². The van der Waals surface area contributed by atoms with E-state index in [9.17, 15) is 0 Å². The van der Waals surface area contributed by atoms with Crippen molar-refractivity contribution in [2.24, 2.45) is 0 Å². The third-order valence-corrected chi connectivity index (χ3v) is 2.72. The monoisotopic (exact) mass is 236 g/mol. The Kier molecular flexibility index (Phi) is 3.83. The number of thioether (sulfide) groups is 1. The van der Waals surface area contributed by atoms with Gasteiger partial charge in [0.2, 0.25) is 0 Å². The first kappa shape index (κ1) is 11.1. The second kappa shape index (κ2) is 4.49. The quantitative estimate of drug-likeness (QED) is 0.446. The highest BCUT2D eigenvalue weighted by atomic mass is 35.5. The lowest BCUT2D eigenvalue weighted by molar-refractivity contribution is 0.822. The highest BCUT2D eigenvalue weighted by Gasteiger charge is 2.13. The maximum absolute atomic E-state index is 5.96. The Morgan fingerprint density at radius 1 is 1.15 bits per heavy atom. The van der Waals surface area contributed by atoms with Crippen molar-refractivity contribution in [2.45, 2.75) is 24.9 Å². The summed E-state index contributed by atoms with van der Waals surface area (Å²) < 4.78 is 0. The second-order valence-corrected chi connectivity index (χ2v) is 4.35. The van der Waals surface area contributed by atoms with Gasteiger partial charge in [-0.05, 0) is 12.2 Å². The van der Waals surface area contributed by atoms with E-state index in [-0.39, 0.29) is 5.92 Å². The van der Waals surface area contributed by atoms with Gasteiger partial charge >= 0.3 is 0 Å². The molecule has 13 heavy (non-hydrogen) atoms. The van der Waals surface area contributed by atoms with Gasteiger partial charge in [-0.2, -0.15) is 0 Å². The highest BCUT2D eigenvalue weighted by molar-refractivity contribution is 7.98. The molecule has 0 aliphatic rings. The van der Waals surface area contributed by atoms with E-state index in [0.29, 0.717) is 15.5 Å². The van der Waals surface area contributed by atoms with Gasteiger partial charge in [0.25, 0.3) is 0 Å². The van der Waals surface area contributed by atoms with Crippen LogP contribution in [-0.2, 0) is 0 Å². The predicted molar refractivity (Wildman–Crippen MR) is 57.9 cm³/mol. The van der Waals surface area contributed by atoms with Gasteiger partial charge in [-0.1, -0.05) is 48.8 Å². The lowest BCUT2D eigenvalue weighted by atomic mass is 10.1. The molecule has 0 fully saturated rings. The summed E-state index contributed by atoms with van der Waals surface area (Å²) in [4.78, 5) is 8.21. The molecule has 0 N–H and O–H groups in total. The van der Waals surface area contributed by atoms with Gasteiger partial charge in [0.15, 0.2) is 5.16 Å². The maximum atomic E-state index is 5.96. The number of hydrogen-bond donors (Lipinski definition) is 0. The van der Waals surface area contributed by atoms with Crippen LogP contribution in [0, 0.1) is 0 Å². The summed E-state index contributed by atoms with van der Waals surface area (Å²) in [6.07, 6.45) is 1.89. The highest BCUT2D eigenvalue weighted by Crippen LogP contribution is 2.30. The van der Waals surface area contributed by atoms with Crippen molar-refractivity contribution in [3.05, 3.63) is 15.9 Å². The minimum Gasteiger partial charge on any atom is -0.210 e. The van der Waals surface area contributed by atoms with Gasteiger partial charge in [-0.15, -0.1) is 0 Å². The average Bonchev–Trinajstić information content (AvgIpc) is 2.02. The number of rotatable bonds is 2. The van der Waals surface area contributed by atoms with Crippen LogP contribution in [0.15, 0.2) is 5.16 Å². The summed E-state index contributed by atoms with van der Waals surface area (Å²) in [5.74, 6) is 0.246. The van der Waals surface area contributed by atoms with Crippen LogP contribution in [0.4, 0.5) is 0 Å². The SMILES string of the molecule is CSc1nc(Cl)c(C(C)C)c(Cl)n1. The van der Waals surface area contributed by atoms with Gasteiger partial charge in [-0.25, -0.2) is 9.97 Å². The maximum Gasteiger partial charge on any atom is 0.190 e. The Bertz CT molecular complexity index is 292. The third-order valence-electron chi connectivity index (χ3n) is 1.59. The van der Waals surface area contributed by atoms with Crippen molar-refractivity contribution < 1.29 is 0 Å². The van der Waals surface area contributed by atoms with E-state index in [4.69, 9.17) is 23.2 Å². The van der Waals surface area contributed by atoms with Gasteiger partial charge < -0.3 is 0 Å². The van der Waals surface area contributed by atoms with Crippen LogP contribution in [0.3, 0.4) is 0 Å². The minimum atomic E-state index is 0.246. The van der Waals surface area contributed by atoms with Crippen molar-refractivity contribution in [2.75, 3.05) is 6.26 Å². The van der Waals surface area contributed by atoms with Crippen molar-refractivity contribution in [3.8, 4) is 0 Å². The van der Waals surface area contributed by atoms with Crippen molar-refractivity contribution >= 4 is 35.0 Å². The molecule has 0 saturated carbocycles. The first-order valence-corrected chi connectivity index (χ1v) is 5.81. The average molecular weight is 237 g/mol. The van der Waals surface area contributed by atoms with E-state index >= 15 is 0 Å². The van der Waals surface area contributed by atoms with E-state index in [1.54, 1.807) is 0 Å². The van der Waals surface area contributed by atoms with Crippen LogP contribution in [0.2, 0.25) is 10.3 Å². The number of aromatic nitrogens is 2. The summed E-state index contributed by atoms with van der Waals surface area (Å²) >= 11 is 13.3. The molecule has 72 valence electrons. The fourth-order valence-electron chi connectivity index (χ4n) is 0.966. The zero-order valence-corrected chi connectivity index (χ0v) is 9.96. The Labute approximate surface area is 92.1 Å². The number of nitrogens with zero attached hydrogens (tertiary/aromatic N) is 2. The van der Waals surface area contributed by atoms with Crippen LogP contribution in [0.25, 0.3) is 0 Å². The molecule has 1 heterocycles. The van der Waals surface area contributed by atoms with Crippen LogP contribution >= 0.6 is 35.0 Å². The molecular weight excluding hydrogens is 227 g/mol. The summed E-state index contributed by atoms with van der Waals surface area (Å²) in [6, 6.07) is 0. The molecule has 0 saturated heterocycles. The molecule has 0 aliphatic heterocycles. The number of halogens is 2. The van der Waals surface area contributed by atoms with Crippen LogP contribution in [0.1, 0.15) is 25.3 Å². The fraction of sp³-hybridized carbons (Fsp3) is 0.500. The summed E-state index contributed by atoms with van der Waals surface area (Å²) in [5, 5.41) is 1.53. The molecule has 0 aromatic carbocycles. The predicted octanol–water partition coefficient (Wildman–Crippen LogP) is 3.63. The first-order chi connectivity index (χ1) is 6.06. The second-order valence-electron chi connectivity index (χ2n) is 2.86. The molecule has 1 rings (SSSR count). The topological polar surface area (TPSA) is 25.8 Å². The van der Waals surface area contributed by atoms with E-state index in [1.165, 1.54) is 11.8 Å². The Morgan fingerprint density at radius 2 is 1.62 bits per heavy atom. The minimum absolute atomic E-state index is 0.246. The molecule has 0 spiro atoms. The normalized spacial score (nSPS) is 10.9. The molecule has 1 aromatic heterocycles. The zero-order chi connectivity index (χ0) is 10.0. The molecule has 0 aliphatic carbocycles. The van der Waals surface area contributed by atoms with Crippen LogP contribution in [0.5, 0.6) is 0 Å². The third kappa shape index (κ3) is 2.48. The number of hydrogen-bond acceptors (Lipinski definition) is 3.